The number of carbonyl (C=O) groups is 1. The molecule has 5 heteroatoms. The zero-order valence-corrected chi connectivity index (χ0v) is 15.7. The number of H-pyrrole nitrogens is 1. The van der Waals surface area contributed by atoms with E-state index in [0.29, 0.717) is 12.1 Å². The van der Waals surface area contributed by atoms with Gasteiger partial charge in [0.1, 0.15) is 0 Å². The first kappa shape index (κ1) is 17.8. The van der Waals surface area contributed by atoms with Crippen molar-refractivity contribution in [3.8, 4) is 0 Å². The van der Waals surface area contributed by atoms with Crippen LogP contribution in [0.1, 0.15) is 15.9 Å². The minimum absolute atomic E-state index is 0.115. The average Bonchev–Trinajstić information content (AvgIpc) is 3.17. The van der Waals surface area contributed by atoms with Crippen LogP contribution in [0.3, 0.4) is 0 Å². The predicted octanol–water partition coefficient (Wildman–Crippen LogP) is 4.30. The van der Waals surface area contributed by atoms with Crippen LogP contribution in [-0.2, 0) is 6.42 Å². The molecule has 0 atom stereocenters. The van der Waals surface area contributed by atoms with Gasteiger partial charge in [0, 0.05) is 42.6 Å². The molecule has 2 aromatic heterocycles. The van der Waals surface area contributed by atoms with E-state index in [2.05, 4.69) is 27.4 Å². The third kappa shape index (κ3) is 3.74. The van der Waals surface area contributed by atoms with Crippen LogP contribution >= 0.6 is 0 Å². The molecule has 0 saturated carbocycles. The number of hydrogen-bond donors (Lipinski definition) is 2. The van der Waals surface area contributed by atoms with Gasteiger partial charge in [0.15, 0.2) is 0 Å². The van der Waals surface area contributed by atoms with Crippen LogP contribution in [0.5, 0.6) is 0 Å². The highest BCUT2D eigenvalue weighted by molar-refractivity contribution is 5.95. The second-order valence-corrected chi connectivity index (χ2v) is 6.69. The van der Waals surface area contributed by atoms with Crippen molar-refractivity contribution in [1.29, 1.82) is 0 Å². The lowest BCUT2D eigenvalue weighted by atomic mass is 10.1. The summed E-state index contributed by atoms with van der Waals surface area (Å²) < 4.78 is 0. The van der Waals surface area contributed by atoms with Gasteiger partial charge in [-0.1, -0.05) is 36.4 Å². The summed E-state index contributed by atoms with van der Waals surface area (Å²) in [6, 6.07) is 20.0. The van der Waals surface area contributed by atoms with E-state index < -0.39 is 0 Å². The molecule has 0 aliphatic heterocycles. The number of anilines is 2. The number of aromatic amines is 1. The van der Waals surface area contributed by atoms with Gasteiger partial charge in [-0.05, 0) is 36.2 Å². The van der Waals surface area contributed by atoms with E-state index in [0.717, 1.165) is 23.3 Å². The first-order valence-corrected chi connectivity index (χ1v) is 9.29. The molecule has 28 heavy (non-hydrogen) atoms. The highest BCUT2D eigenvalue weighted by Gasteiger charge is 2.10. The monoisotopic (exact) mass is 370 g/mol. The number of rotatable bonds is 6. The van der Waals surface area contributed by atoms with Crippen LogP contribution in [0.25, 0.3) is 10.9 Å². The average molecular weight is 370 g/mol. The maximum absolute atomic E-state index is 12.6. The van der Waals surface area contributed by atoms with Crippen molar-refractivity contribution >= 4 is 28.2 Å². The first-order chi connectivity index (χ1) is 13.7. The molecule has 0 radical (unpaired) electrons. The molecule has 0 aliphatic rings. The maximum atomic E-state index is 12.6. The third-order valence-corrected chi connectivity index (χ3v) is 4.87. The van der Waals surface area contributed by atoms with Crippen LogP contribution in [0, 0.1) is 0 Å². The van der Waals surface area contributed by atoms with Gasteiger partial charge in [0.25, 0.3) is 5.91 Å². The number of fused-ring (bicyclic) bond motifs is 1. The van der Waals surface area contributed by atoms with Crippen molar-refractivity contribution in [2.75, 3.05) is 18.5 Å². The summed E-state index contributed by atoms with van der Waals surface area (Å²) in [5.41, 5.74) is 4.78. The molecule has 0 saturated heterocycles. The largest absolute Gasteiger partial charge is 0.361 e. The molecular weight excluding hydrogens is 348 g/mol. The summed E-state index contributed by atoms with van der Waals surface area (Å²) >= 11 is 0. The van der Waals surface area contributed by atoms with Gasteiger partial charge < -0.3 is 15.2 Å². The fraction of sp³-hybridized carbons (Fsp3) is 0.130. The van der Waals surface area contributed by atoms with Crippen molar-refractivity contribution in [2.45, 2.75) is 6.42 Å². The van der Waals surface area contributed by atoms with E-state index >= 15 is 0 Å². The number of nitrogens with one attached hydrogen (secondary N) is 2. The minimum Gasteiger partial charge on any atom is -0.361 e. The normalized spacial score (nSPS) is 10.8. The fourth-order valence-corrected chi connectivity index (χ4v) is 3.29. The highest BCUT2D eigenvalue weighted by atomic mass is 16.1. The summed E-state index contributed by atoms with van der Waals surface area (Å²) in [7, 11) is 1.96. The van der Waals surface area contributed by atoms with Crippen molar-refractivity contribution in [1.82, 2.24) is 15.3 Å². The number of carbonyl (C=O) groups excluding carboxylic acids is 1. The Morgan fingerprint density at radius 3 is 2.68 bits per heavy atom. The van der Waals surface area contributed by atoms with E-state index in [1.54, 1.807) is 12.4 Å². The van der Waals surface area contributed by atoms with Crippen molar-refractivity contribution in [3.63, 3.8) is 0 Å². The summed E-state index contributed by atoms with van der Waals surface area (Å²) in [6.45, 7) is 0.569. The molecule has 4 aromatic rings. The lowest BCUT2D eigenvalue weighted by Gasteiger charge is -2.19. The first-order valence-electron chi connectivity index (χ1n) is 9.29. The molecule has 4 rings (SSSR count). The van der Waals surface area contributed by atoms with E-state index in [4.69, 9.17) is 0 Å². The quantitative estimate of drug-likeness (QED) is 0.532. The topological polar surface area (TPSA) is 61.0 Å². The molecule has 0 spiro atoms. The molecule has 0 fully saturated rings. The summed E-state index contributed by atoms with van der Waals surface area (Å²) in [4.78, 5) is 22.1. The number of aromatic nitrogens is 2. The van der Waals surface area contributed by atoms with Gasteiger partial charge in [-0.2, -0.15) is 0 Å². The molecule has 0 bridgehead atoms. The number of benzene rings is 2. The van der Waals surface area contributed by atoms with Crippen molar-refractivity contribution in [2.24, 2.45) is 0 Å². The van der Waals surface area contributed by atoms with Gasteiger partial charge in [-0.25, -0.2) is 0 Å². The third-order valence-electron chi connectivity index (χ3n) is 4.87. The molecular formula is C23H22N4O. The standard InChI is InChI=1S/C23H22N4O/c1-27(19-7-3-2-4-8-19)20-13-18(14-24-16-20)23(28)25-12-11-17-15-26-22-10-6-5-9-21(17)22/h2-10,13-16,26H,11-12H2,1H3,(H,25,28). The Morgan fingerprint density at radius 2 is 1.82 bits per heavy atom. The lowest BCUT2D eigenvalue weighted by Crippen LogP contribution is -2.26. The second-order valence-electron chi connectivity index (χ2n) is 6.69. The zero-order chi connectivity index (χ0) is 19.3. The van der Waals surface area contributed by atoms with Crippen LogP contribution < -0.4 is 10.2 Å². The van der Waals surface area contributed by atoms with Crippen LogP contribution in [0.2, 0.25) is 0 Å². The van der Waals surface area contributed by atoms with E-state index in [1.165, 1.54) is 10.9 Å². The predicted molar refractivity (Wildman–Crippen MR) is 113 cm³/mol. The highest BCUT2D eigenvalue weighted by Crippen LogP contribution is 2.23. The van der Waals surface area contributed by atoms with Crippen LogP contribution in [-0.4, -0.2) is 29.5 Å². The smallest absolute Gasteiger partial charge is 0.252 e. The van der Waals surface area contributed by atoms with Gasteiger partial charge in [0.2, 0.25) is 0 Å². The number of para-hydroxylation sites is 2. The molecule has 2 aromatic carbocycles. The Hall–Kier alpha value is -3.60. The Morgan fingerprint density at radius 1 is 1.04 bits per heavy atom. The molecule has 5 nitrogen and oxygen atoms in total. The van der Waals surface area contributed by atoms with Gasteiger partial charge in [-0.3, -0.25) is 9.78 Å². The molecule has 0 aliphatic carbocycles. The Kier molecular flexibility index (Phi) is 5.06. The van der Waals surface area contributed by atoms with Crippen LogP contribution in [0.15, 0.2) is 79.3 Å². The number of hydrogen-bond acceptors (Lipinski definition) is 3. The Balaban J connectivity index is 1.41. The molecule has 2 heterocycles. The second kappa shape index (κ2) is 7.96. The molecule has 0 unspecified atom stereocenters. The van der Waals surface area contributed by atoms with E-state index in [1.807, 2.05) is 66.7 Å². The van der Waals surface area contributed by atoms with Gasteiger partial charge >= 0.3 is 0 Å². The van der Waals surface area contributed by atoms with E-state index in [9.17, 15) is 4.79 Å². The number of pyridine rings is 1. The fourth-order valence-electron chi connectivity index (χ4n) is 3.29. The maximum Gasteiger partial charge on any atom is 0.252 e. The van der Waals surface area contributed by atoms with E-state index in [-0.39, 0.29) is 5.91 Å². The number of nitrogens with zero attached hydrogens (tertiary/aromatic N) is 2. The SMILES string of the molecule is CN(c1ccccc1)c1cncc(C(=O)NCCc2c[nH]c3ccccc23)c1. The van der Waals surface area contributed by atoms with Crippen LogP contribution in [0.4, 0.5) is 11.4 Å². The molecule has 140 valence electrons. The molecule has 2 N–H and O–H groups in total. The number of amides is 1. The minimum atomic E-state index is -0.115. The summed E-state index contributed by atoms with van der Waals surface area (Å²) in [5, 5.41) is 4.20. The Labute approximate surface area is 164 Å². The summed E-state index contributed by atoms with van der Waals surface area (Å²) in [5.74, 6) is -0.115. The zero-order valence-electron chi connectivity index (χ0n) is 15.7. The lowest BCUT2D eigenvalue weighted by molar-refractivity contribution is 0.0954. The molecule has 1 amide bonds. The Bertz CT molecular complexity index is 1090. The van der Waals surface area contributed by atoms with Crippen molar-refractivity contribution in [3.05, 3.63) is 90.4 Å². The van der Waals surface area contributed by atoms with Gasteiger partial charge in [-0.15, -0.1) is 0 Å². The summed E-state index contributed by atoms with van der Waals surface area (Å²) in [6.07, 6.45) is 6.14. The van der Waals surface area contributed by atoms with Crippen molar-refractivity contribution < 1.29 is 4.79 Å². The van der Waals surface area contributed by atoms with Gasteiger partial charge in [0.05, 0.1) is 17.4 Å².